The Morgan fingerprint density at radius 1 is 0.311 bits per heavy atom. The molecule has 0 spiro atoms. The molecule has 10 aromatic carbocycles. The lowest BCUT2D eigenvalue weighted by Gasteiger charge is -2.26. The van der Waals surface area contributed by atoms with E-state index < -0.39 is 0 Å². The molecule has 1 aromatic heterocycles. The van der Waals surface area contributed by atoms with Crippen LogP contribution in [-0.4, -0.2) is 0 Å². The molecule has 0 unspecified atom stereocenters. The van der Waals surface area contributed by atoms with Crippen LogP contribution in [-0.2, 0) is 0 Å². The topological polar surface area (TPSA) is 16.4 Å². The highest BCUT2D eigenvalue weighted by molar-refractivity contribution is 6.08. The number of hydrogen-bond acceptors (Lipinski definition) is 2. The second-order valence-corrected chi connectivity index (χ2v) is 15.8. The SMILES string of the molecule is Cc1cccc2oc3cc(N(c4ccc(-c5cc(-c6ccccc6)cc(-c6ccccc6)c5)cc4)c4ccc(-c5cc6ccccc6cc5-c5ccccc5)cc4)ccc3c12. The molecule has 0 aliphatic heterocycles. The number of anilines is 3. The van der Waals surface area contributed by atoms with Gasteiger partial charge < -0.3 is 9.32 Å². The van der Waals surface area contributed by atoms with E-state index in [4.69, 9.17) is 4.42 Å². The highest BCUT2D eigenvalue weighted by Crippen LogP contribution is 2.42. The Labute approximate surface area is 356 Å². The molecule has 0 saturated carbocycles. The minimum Gasteiger partial charge on any atom is -0.456 e. The zero-order valence-electron chi connectivity index (χ0n) is 33.8. The van der Waals surface area contributed by atoms with E-state index in [1.807, 2.05) is 0 Å². The van der Waals surface area contributed by atoms with Gasteiger partial charge in [0.1, 0.15) is 11.2 Å². The van der Waals surface area contributed by atoms with Crippen molar-refractivity contribution in [1.82, 2.24) is 0 Å². The number of rotatable bonds is 8. The highest BCUT2D eigenvalue weighted by atomic mass is 16.3. The van der Waals surface area contributed by atoms with E-state index in [1.54, 1.807) is 0 Å². The van der Waals surface area contributed by atoms with E-state index in [2.05, 4.69) is 242 Å². The lowest BCUT2D eigenvalue weighted by molar-refractivity contribution is 0.669. The monoisotopic (exact) mass is 779 g/mol. The standard InChI is InChI=1S/C59H41NO/c1-40-14-13-23-57-59(40)54-33-32-53(39-58(54)61-57)60(52-30-26-45(27-31-52)56-38-47-22-12-11-21-46(47)37-55(56)44-19-9-4-10-20-44)51-28-24-43(25-29-51)50-35-48(41-15-5-2-6-16-41)34-49(36-50)42-17-7-3-8-18-42/h2-39H,1H3. The van der Waals surface area contributed by atoms with Gasteiger partial charge in [-0.05, 0) is 152 Å². The summed E-state index contributed by atoms with van der Waals surface area (Å²) in [5.41, 5.74) is 18.0. The quantitative estimate of drug-likeness (QED) is 0.153. The number of nitrogens with zero attached hydrogens (tertiary/aromatic N) is 1. The first-order valence-electron chi connectivity index (χ1n) is 20.9. The predicted molar refractivity (Wildman–Crippen MR) is 258 cm³/mol. The van der Waals surface area contributed by atoms with E-state index in [0.717, 1.165) is 39.2 Å². The van der Waals surface area contributed by atoms with Crippen LogP contribution in [0.2, 0.25) is 0 Å². The molecule has 0 radical (unpaired) electrons. The molecule has 1 heterocycles. The minimum atomic E-state index is 0.870. The molecule has 2 nitrogen and oxygen atoms in total. The van der Waals surface area contributed by atoms with Gasteiger partial charge in [0.2, 0.25) is 0 Å². The van der Waals surface area contributed by atoms with Crippen molar-refractivity contribution >= 4 is 49.8 Å². The van der Waals surface area contributed by atoms with Crippen molar-refractivity contribution in [2.45, 2.75) is 6.92 Å². The van der Waals surface area contributed by atoms with Crippen LogP contribution in [0.5, 0.6) is 0 Å². The van der Waals surface area contributed by atoms with Crippen LogP contribution in [0.4, 0.5) is 17.1 Å². The van der Waals surface area contributed by atoms with E-state index >= 15 is 0 Å². The van der Waals surface area contributed by atoms with Crippen LogP contribution >= 0.6 is 0 Å². The maximum absolute atomic E-state index is 6.51. The van der Waals surface area contributed by atoms with Crippen LogP contribution in [0.1, 0.15) is 5.56 Å². The largest absolute Gasteiger partial charge is 0.456 e. The molecule has 2 heteroatoms. The first kappa shape index (κ1) is 36.2. The highest BCUT2D eigenvalue weighted by Gasteiger charge is 2.18. The van der Waals surface area contributed by atoms with Gasteiger partial charge in [-0.25, -0.2) is 0 Å². The summed E-state index contributed by atoms with van der Waals surface area (Å²) in [6.07, 6.45) is 0. The maximum Gasteiger partial charge on any atom is 0.137 e. The molecule has 61 heavy (non-hydrogen) atoms. The normalized spacial score (nSPS) is 11.4. The molecular weight excluding hydrogens is 739 g/mol. The summed E-state index contributed by atoms with van der Waals surface area (Å²) in [5.74, 6) is 0. The molecular formula is C59H41NO. The average Bonchev–Trinajstić information content (AvgIpc) is 3.71. The summed E-state index contributed by atoms with van der Waals surface area (Å²) in [5, 5.41) is 4.75. The molecule has 11 aromatic rings. The molecule has 288 valence electrons. The van der Waals surface area contributed by atoms with Gasteiger partial charge in [-0.15, -0.1) is 0 Å². The minimum absolute atomic E-state index is 0.870. The molecule has 0 amide bonds. The summed E-state index contributed by atoms with van der Waals surface area (Å²) in [6, 6.07) is 83.1. The molecule has 0 N–H and O–H groups in total. The number of benzene rings is 10. The van der Waals surface area contributed by atoms with Crippen molar-refractivity contribution in [3.8, 4) is 55.6 Å². The Balaban J connectivity index is 1.03. The summed E-state index contributed by atoms with van der Waals surface area (Å²) in [4.78, 5) is 2.33. The van der Waals surface area contributed by atoms with Gasteiger partial charge in [-0.3, -0.25) is 0 Å². The van der Waals surface area contributed by atoms with Gasteiger partial charge in [-0.1, -0.05) is 152 Å². The lowest BCUT2D eigenvalue weighted by Crippen LogP contribution is -2.09. The van der Waals surface area contributed by atoms with Crippen LogP contribution in [0.15, 0.2) is 235 Å². The van der Waals surface area contributed by atoms with Crippen molar-refractivity contribution in [2.75, 3.05) is 4.90 Å². The zero-order valence-corrected chi connectivity index (χ0v) is 33.8. The third kappa shape index (κ3) is 6.84. The van der Waals surface area contributed by atoms with Gasteiger partial charge >= 0.3 is 0 Å². The number of fused-ring (bicyclic) bond motifs is 4. The Kier molecular flexibility index (Phi) is 9.09. The summed E-state index contributed by atoms with van der Waals surface area (Å²) < 4.78 is 6.51. The van der Waals surface area contributed by atoms with E-state index in [9.17, 15) is 0 Å². The van der Waals surface area contributed by atoms with E-state index in [0.29, 0.717) is 0 Å². The Hall–Kier alpha value is -7.94. The fourth-order valence-corrected chi connectivity index (χ4v) is 8.90. The molecule has 0 atom stereocenters. The predicted octanol–water partition coefficient (Wildman–Crippen LogP) is 16.9. The molecule has 0 saturated heterocycles. The molecule has 0 aliphatic carbocycles. The van der Waals surface area contributed by atoms with Crippen LogP contribution in [0.3, 0.4) is 0 Å². The number of aryl methyl sites for hydroxylation is 1. The third-order valence-corrected chi connectivity index (χ3v) is 12.0. The second kappa shape index (κ2) is 15.3. The lowest BCUT2D eigenvalue weighted by atomic mass is 9.91. The Morgan fingerprint density at radius 3 is 1.30 bits per heavy atom. The third-order valence-electron chi connectivity index (χ3n) is 12.0. The van der Waals surface area contributed by atoms with Crippen LogP contribution < -0.4 is 4.90 Å². The second-order valence-electron chi connectivity index (χ2n) is 15.8. The summed E-state index contributed by atoms with van der Waals surface area (Å²) in [6.45, 7) is 2.15. The van der Waals surface area contributed by atoms with Crippen molar-refractivity contribution in [3.05, 3.63) is 236 Å². The van der Waals surface area contributed by atoms with E-state index in [1.165, 1.54) is 71.8 Å². The smallest absolute Gasteiger partial charge is 0.137 e. The summed E-state index contributed by atoms with van der Waals surface area (Å²) in [7, 11) is 0. The fourth-order valence-electron chi connectivity index (χ4n) is 8.90. The first-order chi connectivity index (χ1) is 30.1. The van der Waals surface area contributed by atoms with Crippen molar-refractivity contribution in [2.24, 2.45) is 0 Å². The molecule has 11 rings (SSSR count). The van der Waals surface area contributed by atoms with Crippen LogP contribution in [0, 0.1) is 6.92 Å². The van der Waals surface area contributed by atoms with Crippen molar-refractivity contribution in [3.63, 3.8) is 0 Å². The number of furan rings is 1. The summed E-state index contributed by atoms with van der Waals surface area (Å²) >= 11 is 0. The number of hydrogen-bond donors (Lipinski definition) is 0. The zero-order chi connectivity index (χ0) is 40.7. The van der Waals surface area contributed by atoms with Gasteiger partial charge in [0.05, 0.1) is 0 Å². The van der Waals surface area contributed by atoms with Crippen molar-refractivity contribution < 1.29 is 4.42 Å². The van der Waals surface area contributed by atoms with Crippen LogP contribution in [0.25, 0.3) is 88.3 Å². The molecule has 0 bridgehead atoms. The van der Waals surface area contributed by atoms with Gasteiger partial charge in [-0.2, -0.15) is 0 Å². The molecule has 0 fully saturated rings. The molecule has 0 aliphatic rings. The van der Waals surface area contributed by atoms with Gasteiger partial charge in [0, 0.05) is 33.9 Å². The Bertz CT molecular complexity index is 3270. The fraction of sp³-hybridized carbons (Fsp3) is 0.0169. The van der Waals surface area contributed by atoms with Gasteiger partial charge in [0.15, 0.2) is 0 Å². The van der Waals surface area contributed by atoms with Gasteiger partial charge in [0.25, 0.3) is 0 Å². The first-order valence-corrected chi connectivity index (χ1v) is 20.9. The van der Waals surface area contributed by atoms with E-state index in [-0.39, 0.29) is 0 Å². The maximum atomic E-state index is 6.51. The van der Waals surface area contributed by atoms with Crippen molar-refractivity contribution in [1.29, 1.82) is 0 Å². The Morgan fingerprint density at radius 2 is 0.754 bits per heavy atom. The average molecular weight is 780 g/mol.